The third-order valence-electron chi connectivity index (χ3n) is 1.69. The van der Waals surface area contributed by atoms with Gasteiger partial charge in [-0.2, -0.15) is 4.36 Å². The van der Waals surface area contributed by atoms with E-state index in [1.54, 1.807) is 31.2 Å². The minimum absolute atomic E-state index is 0.292. The fourth-order valence-corrected chi connectivity index (χ4v) is 2.34. The minimum Gasteiger partial charge on any atom is -0.296 e. The van der Waals surface area contributed by atoms with Gasteiger partial charge in [-0.25, -0.2) is 9.20 Å². The molecule has 1 aromatic rings. The molecular weight excluding hydrogens is 188 g/mol. The van der Waals surface area contributed by atoms with E-state index >= 15 is 0 Å². The molecule has 0 bridgehead atoms. The first kappa shape index (κ1) is 8.40. The molecule has 2 rings (SSSR count). The van der Waals surface area contributed by atoms with Gasteiger partial charge in [-0.05, 0) is 19.1 Å². The van der Waals surface area contributed by atoms with E-state index in [1.807, 2.05) is 0 Å². The third kappa shape index (κ3) is 1.36. The highest BCUT2D eigenvalue weighted by Gasteiger charge is 2.17. The van der Waals surface area contributed by atoms with E-state index in [4.69, 9.17) is 0 Å². The Morgan fingerprint density at radius 1 is 1.38 bits per heavy atom. The quantitative estimate of drug-likeness (QED) is 0.690. The molecule has 13 heavy (non-hydrogen) atoms. The molecular formula is C8H8N2O2S. The van der Waals surface area contributed by atoms with Crippen molar-refractivity contribution >= 4 is 21.5 Å². The smallest absolute Gasteiger partial charge is 0.199 e. The predicted molar refractivity (Wildman–Crippen MR) is 50.7 cm³/mol. The first-order chi connectivity index (χ1) is 6.09. The van der Waals surface area contributed by atoms with Gasteiger partial charge < -0.3 is 0 Å². The molecule has 0 saturated heterocycles. The molecule has 4 nitrogen and oxygen atoms in total. The van der Waals surface area contributed by atoms with Crippen molar-refractivity contribution < 1.29 is 8.76 Å². The van der Waals surface area contributed by atoms with Crippen LogP contribution in [-0.4, -0.2) is 14.6 Å². The highest BCUT2D eigenvalue weighted by Crippen LogP contribution is 2.28. The van der Waals surface area contributed by atoms with Crippen LogP contribution >= 0.6 is 0 Å². The van der Waals surface area contributed by atoms with E-state index in [-0.39, 0.29) is 0 Å². The van der Waals surface area contributed by atoms with Crippen molar-refractivity contribution in [2.75, 3.05) is 0 Å². The van der Waals surface area contributed by atoms with Crippen LogP contribution in [-0.2, 0) is 10.0 Å². The molecule has 0 fully saturated rings. The SMILES string of the molecule is CC1=Nc2ccccc2S(=O)(O)=N1. The topological polar surface area (TPSA) is 62.0 Å². The van der Waals surface area contributed by atoms with Crippen LogP contribution in [0.25, 0.3) is 0 Å². The molecule has 1 aromatic carbocycles. The summed E-state index contributed by atoms with van der Waals surface area (Å²) in [5.41, 5.74) is 0.530. The number of hydrogen-bond donors (Lipinski definition) is 1. The Bertz CT molecular complexity index is 499. The fraction of sp³-hybridized carbons (Fsp3) is 0.125. The number of rotatable bonds is 0. The molecule has 68 valence electrons. The van der Waals surface area contributed by atoms with Crippen molar-refractivity contribution in [3.8, 4) is 0 Å². The van der Waals surface area contributed by atoms with Gasteiger partial charge in [-0.3, -0.25) is 4.55 Å². The normalized spacial score (nSPS) is 25.8. The van der Waals surface area contributed by atoms with Crippen LogP contribution in [0.15, 0.2) is 38.5 Å². The summed E-state index contributed by atoms with van der Waals surface area (Å²) in [5, 5.41) is 0. The molecule has 0 spiro atoms. The first-order valence-corrected chi connectivity index (χ1v) is 5.21. The average Bonchev–Trinajstić information content (AvgIpc) is 2.02. The monoisotopic (exact) mass is 196 g/mol. The second kappa shape index (κ2) is 2.65. The molecule has 1 aliphatic rings. The van der Waals surface area contributed by atoms with Crippen molar-refractivity contribution in [1.29, 1.82) is 0 Å². The Morgan fingerprint density at radius 2 is 2.08 bits per heavy atom. The maximum absolute atomic E-state index is 11.5. The molecule has 1 unspecified atom stereocenters. The molecule has 0 radical (unpaired) electrons. The molecule has 0 amide bonds. The largest absolute Gasteiger partial charge is 0.296 e. The summed E-state index contributed by atoms with van der Waals surface area (Å²) in [4.78, 5) is 4.34. The Labute approximate surface area is 76.3 Å². The number of hydrogen-bond acceptors (Lipinski definition) is 3. The van der Waals surface area contributed by atoms with Gasteiger partial charge in [0.2, 0.25) is 0 Å². The van der Waals surface area contributed by atoms with Crippen LogP contribution in [0, 0.1) is 0 Å². The van der Waals surface area contributed by atoms with E-state index < -0.39 is 10.0 Å². The van der Waals surface area contributed by atoms with Crippen LogP contribution in [0.1, 0.15) is 6.92 Å². The molecule has 1 N–H and O–H groups in total. The lowest BCUT2D eigenvalue weighted by Gasteiger charge is -2.10. The van der Waals surface area contributed by atoms with Gasteiger partial charge >= 0.3 is 0 Å². The summed E-state index contributed by atoms with van der Waals surface area (Å²) in [5.74, 6) is 0.339. The summed E-state index contributed by atoms with van der Waals surface area (Å²) in [7, 11) is -3.25. The predicted octanol–water partition coefficient (Wildman–Crippen LogP) is 2.05. The Kier molecular flexibility index (Phi) is 1.71. The van der Waals surface area contributed by atoms with E-state index in [2.05, 4.69) is 9.36 Å². The van der Waals surface area contributed by atoms with E-state index in [9.17, 15) is 8.76 Å². The molecule has 1 heterocycles. The standard InChI is InChI=1S/C8H8N2O2S/c1-6-9-7-4-2-3-5-8(7)13(11,12)10-6/h2-5H,1H3,(H,9,10,11,12). The number of amidine groups is 1. The summed E-state index contributed by atoms with van der Waals surface area (Å²) in [6, 6.07) is 6.73. The molecule has 1 atom stereocenters. The van der Waals surface area contributed by atoms with Crippen LogP contribution in [0.4, 0.5) is 5.69 Å². The van der Waals surface area contributed by atoms with Crippen molar-refractivity contribution in [2.24, 2.45) is 9.36 Å². The summed E-state index contributed by atoms with van der Waals surface area (Å²) in [6.45, 7) is 1.60. The van der Waals surface area contributed by atoms with Gasteiger partial charge in [0.15, 0.2) is 10.0 Å². The van der Waals surface area contributed by atoms with E-state index in [0.717, 1.165) is 0 Å². The van der Waals surface area contributed by atoms with Gasteiger partial charge in [-0.1, -0.05) is 12.1 Å². The maximum Gasteiger partial charge on any atom is 0.199 e. The molecule has 0 saturated carbocycles. The molecule has 0 aromatic heterocycles. The fourth-order valence-electron chi connectivity index (χ4n) is 1.20. The Morgan fingerprint density at radius 3 is 2.85 bits per heavy atom. The molecule has 5 heteroatoms. The summed E-state index contributed by atoms with van der Waals surface area (Å²) >= 11 is 0. The van der Waals surface area contributed by atoms with E-state index in [0.29, 0.717) is 16.4 Å². The second-order valence-electron chi connectivity index (χ2n) is 2.71. The number of nitrogens with zero attached hydrogens (tertiary/aromatic N) is 2. The van der Waals surface area contributed by atoms with Crippen LogP contribution in [0.2, 0.25) is 0 Å². The number of fused-ring (bicyclic) bond motifs is 1. The number of para-hydroxylation sites is 1. The zero-order valence-corrected chi connectivity index (χ0v) is 7.78. The average molecular weight is 196 g/mol. The van der Waals surface area contributed by atoms with Gasteiger partial charge in [0.1, 0.15) is 5.84 Å². The molecule has 1 aliphatic heterocycles. The van der Waals surface area contributed by atoms with Gasteiger partial charge in [0.25, 0.3) is 0 Å². The molecule has 0 aliphatic carbocycles. The highest BCUT2D eigenvalue weighted by atomic mass is 32.2. The maximum atomic E-state index is 11.5. The Balaban J connectivity index is 2.83. The number of aliphatic imine (C=N–C) groups is 1. The zero-order chi connectivity index (χ0) is 9.47. The van der Waals surface area contributed by atoms with Crippen molar-refractivity contribution in [2.45, 2.75) is 11.8 Å². The van der Waals surface area contributed by atoms with Crippen molar-refractivity contribution in [3.05, 3.63) is 24.3 Å². The lowest BCUT2D eigenvalue weighted by atomic mass is 10.3. The Hall–Kier alpha value is -1.20. The van der Waals surface area contributed by atoms with Crippen molar-refractivity contribution in [1.82, 2.24) is 0 Å². The van der Waals surface area contributed by atoms with Crippen LogP contribution < -0.4 is 0 Å². The summed E-state index contributed by atoms with van der Waals surface area (Å²) in [6.07, 6.45) is 0. The van der Waals surface area contributed by atoms with Crippen LogP contribution in [0.5, 0.6) is 0 Å². The first-order valence-electron chi connectivity index (χ1n) is 3.73. The lowest BCUT2D eigenvalue weighted by molar-refractivity contribution is 0.552. The highest BCUT2D eigenvalue weighted by molar-refractivity contribution is 7.88. The third-order valence-corrected chi connectivity index (χ3v) is 3.12. The lowest BCUT2D eigenvalue weighted by Crippen LogP contribution is -2.06. The van der Waals surface area contributed by atoms with Gasteiger partial charge in [0, 0.05) is 0 Å². The minimum atomic E-state index is -3.25. The van der Waals surface area contributed by atoms with Gasteiger partial charge in [-0.15, -0.1) is 0 Å². The second-order valence-corrected chi connectivity index (χ2v) is 4.33. The van der Waals surface area contributed by atoms with E-state index in [1.165, 1.54) is 0 Å². The van der Waals surface area contributed by atoms with Crippen molar-refractivity contribution in [3.63, 3.8) is 0 Å². The summed E-state index contributed by atoms with van der Waals surface area (Å²) < 4.78 is 24.6. The zero-order valence-electron chi connectivity index (χ0n) is 6.97. The van der Waals surface area contributed by atoms with Gasteiger partial charge in [0.05, 0.1) is 10.6 Å². The van der Waals surface area contributed by atoms with Crippen LogP contribution in [0.3, 0.4) is 0 Å². The number of benzene rings is 1.